The number of nitrogens with zero attached hydrogens (tertiary/aromatic N) is 4. The van der Waals surface area contributed by atoms with Gasteiger partial charge in [0.15, 0.2) is 0 Å². The van der Waals surface area contributed by atoms with Crippen LogP contribution in [-0.4, -0.2) is 55.0 Å². The molecule has 0 radical (unpaired) electrons. The summed E-state index contributed by atoms with van der Waals surface area (Å²) >= 11 is 0. The molecule has 2 aromatic carbocycles. The van der Waals surface area contributed by atoms with Gasteiger partial charge in [0.1, 0.15) is 23.1 Å². The van der Waals surface area contributed by atoms with E-state index in [1.165, 1.54) is 31.4 Å². The average molecular weight is 458 g/mol. The molecule has 7 nitrogen and oxygen atoms in total. The number of para-hydroxylation sites is 1. The first-order valence-corrected chi connectivity index (χ1v) is 11.0. The number of rotatable bonds is 5. The number of hydrogen-bond donors (Lipinski definition) is 0. The van der Waals surface area contributed by atoms with Crippen molar-refractivity contribution >= 4 is 28.9 Å². The Hall–Kier alpha value is -4.20. The second kappa shape index (κ2) is 8.97. The number of benzene rings is 2. The number of ether oxygens (including phenoxy) is 1. The van der Waals surface area contributed by atoms with E-state index in [-0.39, 0.29) is 5.57 Å². The molecule has 0 aliphatic carbocycles. The van der Waals surface area contributed by atoms with Crippen molar-refractivity contribution in [3.05, 3.63) is 90.0 Å². The van der Waals surface area contributed by atoms with Crippen LogP contribution < -0.4 is 14.5 Å². The number of methoxy groups -OCH3 is 1. The molecule has 3 aromatic rings. The molecule has 172 valence electrons. The molecule has 0 unspecified atom stereocenters. The Morgan fingerprint density at radius 2 is 1.50 bits per heavy atom. The number of carbonyl (C=O) groups excluding carboxylic acids is 2. The van der Waals surface area contributed by atoms with Crippen LogP contribution in [-0.2, 0) is 9.59 Å². The second-order valence-corrected chi connectivity index (χ2v) is 8.01. The van der Waals surface area contributed by atoms with E-state index < -0.39 is 17.6 Å². The second-order valence-electron chi connectivity index (χ2n) is 8.01. The maximum Gasteiger partial charge on any atom is 0.282 e. The minimum atomic E-state index is -0.455. The van der Waals surface area contributed by atoms with Crippen molar-refractivity contribution in [2.45, 2.75) is 0 Å². The minimum absolute atomic E-state index is 0.290. The van der Waals surface area contributed by atoms with Gasteiger partial charge in [-0.05, 0) is 42.5 Å². The standard InChI is InChI=1S/C26H23FN4O3/c1-34-21-7-3-2-6-20(21)23-24(26(33)31(25(23)32)19-11-9-18(27)10-12-19)30-16-14-29(15-17-30)22-8-4-5-13-28-22/h2-13H,14-17H2,1H3. The lowest BCUT2D eigenvalue weighted by atomic mass is 10.0. The summed E-state index contributed by atoms with van der Waals surface area (Å²) in [5.74, 6) is 0.0609. The van der Waals surface area contributed by atoms with Crippen LogP contribution in [0.3, 0.4) is 0 Å². The number of anilines is 2. The number of halogens is 1. The Morgan fingerprint density at radius 1 is 0.824 bits per heavy atom. The van der Waals surface area contributed by atoms with Crippen molar-refractivity contribution in [3.63, 3.8) is 0 Å². The summed E-state index contributed by atoms with van der Waals surface area (Å²) in [4.78, 5) is 37.0. The molecule has 2 aliphatic heterocycles. The highest BCUT2D eigenvalue weighted by molar-refractivity contribution is 6.45. The summed E-state index contributed by atoms with van der Waals surface area (Å²) in [5.41, 5.74) is 1.50. The largest absolute Gasteiger partial charge is 0.496 e. The highest BCUT2D eigenvalue weighted by atomic mass is 19.1. The molecule has 5 rings (SSSR count). The van der Waals surface area contributed by atoms with Crippen molar-refractivity contribution in [3.8, 4) is 5.75 Å². The van der Waals surface area contributed by atoms with Crippen molar-refractivity contribution in [1.82, 2.24) is 9.88 Å². The molecule has 0 saturated carbocycles. The van der Waals surface area contributed by atoms with Crippen molar-refractivity contribution in [2.75, 3.05) is 43.1 Å². The van der Waals surface area contributed by atoms with Crippen LogP contribution in [0, 0.1) is 5.82 Å². The van der Waals surface area contributed by atoms with Crippen LogP contribution in [0.5, 0.6) is 5.75 Å². The molecule has 2 aliphatic rings. The van der Waals surface area contributed by atoms with E-state index in [1.54, 1.807) is 24.4 Å². The molecule has 8 heteroatoms. The summed E-state index contributed by atoms with van der Waals surface area (Å²) in [6.07, 6.45) is 1.75. The fraction of sp³-hybridized carbons (Fsp3) is 0.192. The van der Waals surface area contributed by atoms with Gasteiger partial charge in [0.25, 0.3) is 11.8 Å². The van der Waals surface area contributed by atoms with Gasteiger partial charge in [-0.1, -0.05) is 24.3 Å². The van der Waals surface area contributed by atoms with Gasteiger partial charge >= 0.3 is 0 Å². The van der Waals surface area contributed by atoms with Gasteiger partial charge in [0.2, 0.25) is 0 Å². The number of imide groups is 1. The predicted molar refractivity (Wildman–Crippen MR) is 127 cm³/mol. The van der Waals surface area contributed by atoms with E-state index in [0.717, 1.165) is 10.7 Å². The highest BCUT2D eigenvalue weighted by Gasteiger charge is 2.43. The maximum absolute atomic E-state index is 13.7. The fourth-order valence-corrected chi connectivity index (χ4v) is 4.43. The third-order valence-corrected chi connectivity index (χ3v) is 6.09. The Bertz CT molecular complexity index is 1250. The summed E-state index contributed by atoms with van der Waals surface area (Å²) in [6, 6.07) is 18.3. The van der Waals surface area contributed by atoms with Crippen LogP contribution in [0.15, 0.2) is 78.6 Å². The minimum Gasteiger partial charge on any atom is -0.496 e. The predicted octanol–water partition coefficient (Wildman–Crippen LogP) is 3.34. The van der Waals surface area contributed by atoms with Crippen molar-refractivity contribution in [2.24, 2.45) is 0 Å². The third-order valence-electron chi connectivity index (χ3n) is 6.09. The number of pyridine rings is 1. The topological polar surface area (TPSA) is 66.0 Å². The summed E-state index contributed by atoms with van der Waals surface area (Å²) in [5, 5.41) is 0. The summed E-state index contributed by atoms with van der Waals surface area (Å²) in [7, 11) is 1.53. The molecule has 34 heavy (non-hydrogen) atoms. The zero-order valence-corrected chi connectivity index (χ0v) is 18.6. The Balaban J connectivity index is 1.53. The maximum atomic E-state index is 13.7. The van der Waals surface area contributed by atoms with Gasteiger partial charge < -0.3 is 14.5 Å². The zero-order valence-electron chi connectivity index (χ0n) is 18.6. The van der Waals surface area contributed by atoms with E-state index in [4.69, 9.17) is 4.74 Å². The van der Waals surface area contributed by atoms with Crippen molar-refractivity contribution in [1.29, 1.82) is 0 Å². The van der Waals surface area contributed by atoms with Crippen LogP contribution >= 0.6 is 0 Å². The molecule has 3 heterocycles. The van der Waals surface area contributed by atoms with Crippen LogP contribution in [0.25, 0.3) is 5.57 Å². The van der Waals surface area contributed by atoms with E-state index in [9.17, 15) is 14.0 Å². The Kier molecular flexibility index (Phi) is 5.71. The molecule has 1 saturated heterocycles. The van der Waals surface area contributed by atoms with Gasteiger partial charge in [0.05, 0.1) is 18.4 Å². The van der Waals surface area contributed by atoms with E-state index in [1.807, 2.05) is 29.2 Å². The lowest BCUT2D eigenvalue weighted by Crippen LogP contribution is -2.48. The molecule has 0 atom stereocenters. The average Bonchev–Trinajstić information content (AvgIpc) is 3.14. The lowest BCUT2D eigenvalue weighted by Gasteiger charge is -2.37. The smallest absolute Gasteiger partial charge is 0.282 e. The Labute approximate surface area is 196 Å². The van der Waals surface area contributed by atoms with E-state index >= 15 is 0 Å². The number of hydrogen-bond acceptors (Lipinski definition) is 6. The number of carbonyl (C=O) groups is 2. The molecule has 0 spiro atoms. The number of amides is 2. The summed E-state index contributed by atoms with van der Waals surface area (Å²) in [6.45, 7) is 2.39. The molecule has 1 aromatic heterocycles. The van der Waals surface area contributed by atoms with Gasteiger partial charge in [0, 0.05) is 37.9 Å². The van der Waals surface area contributed by atoms with Gasteiger partial charge in [-0.2, -0.15) is 0 Å². The quantitative estimate of drug-likeness (QED) is 0.547. The van der Waals surface area contributed by atoms with Crippen LogP contribution in [0.2, 0.25) is 0 Å². The van der Waals surface area contributed by atoms with Gasteiger partial charge in [-0.3, -0.25) is 9.59 Å². The third kappa shape index (κ3) is 3.77. The normalized spacial score (nSPS) is 16.5. The number of aromatic nitrogens is 1. The van der Waals surface area contributed by atoms with Crippen LogP contribution in [0.1, 0.15) is 5.56 Å². The molecular weight excluding hydrogens is 435 g/mol. The molecule has 1 fully saturated rings. The van der Waals surface area contributed by atoms with E-state index in [2.05, 4.69) is 9.88 Å². The first-order valence-electron chi connectivity index (χ1n) is 11.0. The van der Waals surface area contributed by atoms with Gasteiger partial charge in [-0.15, -0.1) is 0 Å². The SMILES string of the molecule is COc1ccccc1C1=C(N2CCN(c3ccccn3)CC2)C(=O)N(c2ccc(F)cc2)C1=O. The fourth-order valence-electron chi connectivity index (χ4n) is 4.43. The van der Waals surface area contributed by atoms with Gasteiger partial charge in [-0.25, -0.2) is 14.3 Å². The zero-order chi connectivity index (χ0) is 23.7. The lowest BCUT2D eigenvalue weighted by molar-refractivity contribution is -0.120. The van der Waals surface area contributed by atoms with Crippen LogP contribution in [0.4, 0.5) is 15.9 Å². The van der Waals surface area contributed by atoms with E-state index in [0.29, 0.717) is 48.9 Å². The molecule has 0 bridgehead atoms. The first-order chi connectivity index (χ1) is 16.6. The highest BCUT2D eigenvalue weighted by Crippen LogP contribution is 2.38. The van der Waals surface area contributed by atoms with Crippen molar-refractivity contribution < 1.29 is 18.7 Å². The first kappa shape index (κ1) is 21.6. The molecular formula is C26H23FN4O3. The number of piperazine rings is 1. The Morgan fingerprint density at radius 3 is 2.18 bits per heavy atom. The molecule has 0 N–H and O–H groups in total. The monoisotopic (exact) mass is 458 g/mol. The molecule has 2 amide bonds. The summed E-state index contributed by atoms with van der Waals surface area (Å²) < 4.78 is 19.0.